The summed E-state index contributed by atoms with van der Waals surface area (Å²) in [6.07, 6.45) is -2.90. The Hall–Kier alpha value is -4.67. The number of rotatable bonds is 5. The molecule has 8 nitrogen and oxygen atoms in total. The van der Waals surface area contributed by atoms with Crippen LogP contribution in [0.3, 0.4) is 0 Å². The van der Waals surface area contributed by atoms with Gasteiger partial charge in [0.1, 0.15) is 23.9 Å². The molecule has 2 heterocycles. The van der Waals surface area contributed by atoms with E-state index in [-0.39, 0.29) is 18.8 Å². The highest BCUT2D eigenvalue weighted by Gasteiger charge is 2.31. The van der Waals surface area contributed by atoms with Crippen molar-refractivity contribution in [3.63, 3.8) is 0 Å². The van der Waals surface area contributed by atoms with Gasteiger partial charge in [-0.25, -0.2) is 4.79 Å². The Bertz CT molecular complexity index is 1510. The number of amides is 2. The van der Waals surface area contributed by atoms with Gasteiger partial charge < -0.3 is 24.3 Å². The summed E-state index contributed by atoms with van der Waals surface area (Å²) in [5, 5.41) is 3.23. The van der Waals surface area contributed by atoms with Crippen LogP contribution in [-0.2, 0) is 6.18 Å². The molecule has 0 radical (unpaired) electrons. The van der Waals surface area contributed by atoms with Crippen molar-refractivity contribution >= 4 is 28.3 Å². The van der Waals surface area contributed by atoms with E-state index in [1.807, 2.05) is 0 Å². The van der Waals surface area contributed by atoms with Gasteiger partial charge in [-0.15, -0.1) is 0 Å². The third-order valence-electron chi connectivity index (χ3n) is 5.92. The van der Waals surface area contributed by atoms with Crippen LogP contribution in [0, 0.1) is 0 Å². The molecule has 1 aliphatic heterocycles. The van der Waals surface area contributed by atoms with Crippen LogP contribution in [0.5, 0.6) is 28.7 Å². The van der Waals surface area contributed by atoms with Crippen LogP contribution in [-0.4, -0.2) is 38.4 Å². The van der Waals surface area contributed by atoms with Gasteiger partial charge in [-0.05, 0) is 42.5 Å². The quantitative estimate of drug-likeness (QED) is 0.321. The number of ether oxygens (including phenoxy) is 4. The maximum absolute atomic E-state index is 13.0. The van der Waals surface area contributed by atoms with Crippen molar-refractivity contribution in [2.24, 2.45) is 0 Å². The molecule has 0 fully saturated rings. The minimum Gasteiger partial charge on any atom is -0.493 e. The average Bonchev–Trinajstić information content (AvgIpc) is 2.91. The molecule has 0 atom stereocenters. The third-order valence-corrected chi connectivity index (χ3v) is 5.92. The number of carbonyl (C=O) groups is 1. The molecule has 1 N–H and O–H groups in total. The number of nitrogens with one attached hydrogen (secondary N) is 1. The maximum atomic E-state index is 13.0. The second-order valence-electron chi connectivity index (χ2n) is 8.27. The number of methoxy groups -OCH3 is 2. The Balaban J connectivity index is 1.39. The zero-order valence-electron chi connectivity index (χ0n) is 20.3. The van der Waals surface area contributed by atoms with Crippen LogP contribution in [0.4, 0.5) is 29.3 Å². The lowest BCUT2D eigenvalue weighted by molar-refractivity contribution is -0.137. The van der Waals surface area contributed by atoms with Gasteiger partial charge in [0.25, 0.3) is 0 Å². The van der Waals surface area contributed by atoms with E-state index < -0.39 is 17.8 Å². The van der Waals surface area contributed by atoms with Gasteiger partial charge in [0, 0.05) is 29.4 Å². The second kappa shape index (κ2) is 10.0. The number of benzene rings is 3. The van der Waals surface area contributed by atoms with Gasteiger partial charge in [0.05, 0.1) is 37.5 Å². The van der Waals surface area contributed by atoms with Gasteiger partial charge in [-0.3, -0.25) is 9.88 Å². The van der Waals surface area contributed by atoms with Crippen LogP contribution < -0.4 is 29.2 Å². The van der Waals surface area contributed by atoms with E-state index in [9.17, 15) is 18.0 Å². The SMILES string of the molecule is COc1cc2nccc(Oc3ccc4c(c3)OCCN4C(=O)Nc3cccc(C(F)(F)F)c3)c2cc1OC. The van der Waals surface area contributed by atoms with Gasteiger partial charge in [-0.2, -0.15) is 13.2 Å². The first-order valence-corrected chi connectivity index (χ1v) is 11.5. The molecular weight excluding hydrogens is 503 g/mol. The molecule has 0 saturated carbocycles. The van der Waals surface area contributed by atoms with Crippen molar-refractivity contribution in [1.82, 2.24) is 4.98 Å². The summed E-state index contributed by atoms with van der Waals surface area (Å²) in [5.74, 6) is 2.42. The number of anilines is 2. The zero-order chi connectivity index (χ0) is 26.9. The van der Waals surface area contributed by atoms with Crippen LogP contribution in [0.15, 0.2) is 66.9 Å². The van der Waals surface area contributed by atoms with E-state index in [0.717, 1.165) is 12.1 Å². The second-order valence-corrected chi connectivity index (χ2v) is 8.27. The number of hydrogen-bond acceptors (Lipinski definition) is 6. The number of halogens is 3. The first kappa shape index (κ1) is 25.0. The van der Waals surface area contributed by atoms with Crippen molar-refractivity contribution in [3.8, 4) is 28.7 Å². The average molecular weight is 525 g/mol. The first-order chi connectivity index (χ1) is 18.3. The summed E-state index contributed by atoms with van der Waals surface area (Å²) < 4.78 is 61.7. The molecule has 1 aromatic heterocycles. The van der Waals surface area contributed by atoms with E-state index in [1.165, 1.54) is 24.1 Å². The number of nitrogens with zero attached hydrogens (tertiary/aromatic N) is 2. The normalized spacial score (nSPS) is 12.9. The fraction of sp³-hybridized carbons (Fsp3) is 0.185. The summed E-state index contributed by atoms with van der Waals surface area (Å²) in [5.41, 5.74) is 0.291. The molecule has 2 amide bonds. The van der Waals surface area contributed by atoms with Crippen molar-refractivity contribution in [3.05, 3.63) is 72.4 Å². The van der Waals surface area contributed by atoms with Crippen LogP contribution >= 0.6 is 0 Å². The highest BCUT2D eigenvalue weighted by molar-refractivity contribution is 6.03. The Labute approximate surface area is 215 Å². The lowest BCUT2D eigenvalue weighted by atomic mass is 10.1. The standard InChI is InChI=1S/C27H22F3N3O5/c1-35-24-14-19-20(15-25(24)36-2)31-9-8-22(19)38-18-6-7-21-23(13-18)37-11-10-33(21)26(34)32-17-5-3-4-16(12-17)27(28,29)30/h3-9,12-15H,10-11H2,1-2H3,(H,32,34). The molecule has 38 heavy (non-hydrogen) atoms. The molecule has 0 spiro atoms. The van der Waals surface area contributed by atoms with E-state index in [0.29, 0.717) is 45.3 Å². The Morgan fingerprint density at radius 3 is 2.55 bits per heavy atom. The van der Waals surface area contributed by atoms with Gasteiger partial charge in [0.15, 0.2) is 11.5 Å². The topological polar surface area (TPSA) is 82.2 Å². The molecule has 4 aromatic rings. The van der Waals surface area contributed by atoms with Crippen LogP contribution in [0.2, 0.25) is 0 Å². The molecule has 5 rings (SSSR count). The van der Waals surface area contributed by atoms with Crippen molar-refractivity contribution in [1.29, 1.82) is 0 Å². The summed E-state index contributed by atoms with van der Waals surface area (Å²) >= 11 is 0. The maximum Gasteiger partial charge on any atom is 0.416 e. The highest BCUT2D eigenvalue weighted by Crippen LogP contribution is 2.40. The zero-order valence-corrected chi connectivity index (χ0v) is 20.3. The summed E-state index contributed by atoms with van der Waals surface area (Å²) in [6, 6.07) is 14.1. The van der Waals surface area contributed by atoms with Gasteiger partial charge in [-0.1, -0.05) is 6.07 Å². The number of pyridine rings is 1. The number of alkyl halides is 3. The molecule has 196 valence electrons. The Morgan fingerprint density at radius 2 is 1.79 bits per heavy atom. The van der Waals surface area contributed by atoms with E-state index in [4.69, 9.17) is 18.9 Å². The number of fused-ring (bicyclic) bond motifs is 2. The van der Waals surface area contributed by atoms with Crippen molar-refractivity contribution in [2.45, 2.75) is 6.18 Å². The number of hydrogen-bond donors (Lipinski definition) is 1. The Morgan fingerprint density at radius 1 is 1.00 bits per heavy atom. The third kappa shape index (κ3) is 4.95. The fourth-order valence-electron chi connectivity index (χ4n) is 4.10. The van der Waals surface area contributed by atoms with Crippen LogP contribution in [0.25, 0.3) is 10.9 Å². The monoisotopic (exact) mass is 525 g/mol. The minimum atomic E-state index is -4.51. The summed E-state index contributed by atoms with van der Waals surface area (Å²) in [4.78, 5) is 18.7. The lowest BCUT2D eigenvalue weighted by Crippen LogP contribution is -2.40. The summed E-state index contributed by atoms with van der Waals surface area (Å²) in [7, 11) is 3.08. The molecule has 1 aliphatic rings. The molecule has 3 aromatic carbocycles. The summed E-state index contributed by atoms with van der Waals surface area (Å²) in [6.45, 7) is 0.413. The Kier molecular flexibility index (Phi) is 6.58. The van der Waals surface area contributed by atoms with E-state index in [2.05, 4.69) is 10.3 Å². The lowest BCUT2D eigenvalue weighted by Gasteiger charge is -2.30. The predicted molar refractivity (Wildman–Crippen MR) is 135 cm³/mol. The smallest absolute Gasteiger partial charge is 0.416 e. The van der Waals surface area contributed by atoms with Gasteiger partial charge >= 0.3 is 12.2 Å². The highest BCUT2D eigenvalue weighted by atomic mass is 19.4. The largest absolute Gasteiger partial charge is 0.493 e. The molecule has 0 aliphatic carbocycles. The molecule has 0 saturated heterocycles. The fourth-order valence-corrected chi connectivity index (χ4v) is 4.10. The van der Waals surface area contributed by atoms with Crippen molar-refractivity contribution in [2.75, 3.05) is 37.6 Å². The van der Waals surface area contributed by atoms with Gasteiger partial charge in [0.2, 0.25) is 0 Å². The number of urea groups is 1. The first-order valence-electron chi connectivity index (χ1n) is 11.5. The minimum absolute atomic E-state index is 0.0365. The molecule has 0 unspecified atom stereocenters. The molecule has 11 heteroatoms. The number of carbonyl (C=O) groups excluding carboxylic acids is 1. The number of aromatic nitrogens is 1. The van der Waals surface area contributed by atoms with E-state index >= 15 is 0 Å². The predicted octanol–water partition coefficient (Wildman–Crippen LogP) is 6.49. The molecule has 0 bridgehead atoms. The van der Waals surface area contributed by atoms with Crippen molar-refractivity contribution < 1.29 is 36.9 Å². The van der Waals surface area contributed by atoms with Crippen LogP contribution in [0.1, 0.15) is 5.56 Å². The van der Waals surface area contributed by atoms with E-state index in [1.54, 1.807) is 49.7 Å². The molecular formula is C27H22F3N3O5.